The Balaban J connectivity index is 2.79. The number of benzene rings is 1. The second-order valence-corrected chi connectivity index (χ2v) is 8.87. The summed E-state index contributed by atoms with van der Waals surface area (Å²) in [4.78, 5) is 36.0. The van der Waals surface area contributed by atoms with Gasteiger partial charge >= 0.3 is 11.9 Å². The molecule has 170 valence electrons. The van der Waals surface area contributed by atoms with E-state index in [1.807, 2.05) is 0 Å². The molecule has 0 fully saturated rings. The van der Waals surface area contributed by atoms with Crippen molar-refractivity contribution in [2.45, 2.75) is 32.7 Å². The van der Waals surface area contributed by atoms with Crippen molar-refractivity contribution in [1.82, 2.24) is 0 Å². The summed E-state index contributed by atoms with van der Waals surface area (Å²) in [6, 6.07) is 4.62. The summed E-state index contributed by atoms with van der Waals surface area (Å²) < 4.78 is 41.2. The Labute approximate surface area is 180 Å². The Morgan fingerprint density at radius 2 is 1.65 bits per heavy atom. The third-order valence-electron chi connectivity index (χ3n) is 5.03. The van der Waals surface area contributed by atoms with E-state index in [-0.39, 0.29) is 29.3 Å². The van der Waals surface area contributed by atoms with Crippen LogP contribution in [-0.2, 0) is 28.9 Å². The van der Waals surface area contributed by atoms with Gasteiger partial charge in [-0.2, -0.15) is 0 Å². The van der Waals surface area contributed by atoms with E-state index in [0.29, 0.717) is 5.75 Å². The second kappa shape index (κ2) is 9.90. The number of sulfone groups is 1. The van der Waals surface area contributed by atoms with Crippen LogP contribution >= 0.6 is 0 Å². The largest absolute Gasteiger partial charge is 0.497 e. The molecule has 0 saturated carbocycles. The highest BCUT2D eigenvalue weighted by Gasteiger charge is 2.51. The highest BCUT2D eigenvalue weighted by Crippen LogP contribution is 2.43. The van der Waals surface area contributed by atoms with E-state index in [1.54, 1.807) is 13.8 Å². The first-order valence-corrected chi connectivity index (χ1v) is 11.3. The van der Waals surface area contributed by atoms with Crippen molar-refractivity contribution in [1.29, 1.82) is 0 Å². The predicted octanol–water partition coefficient (Wildman–Crippen LogP) is 1.87. The van der Waals surface area contributed by atoms with Gasteiger partial charge in [0.25, 0.3) is 0 Å². The van der Waals surface area contributed by atoms with E-state index >= 15 is 0 Å². The zero-order valence-corrected chi connectivity index (χ0v) is 18.5. The van der Waals surface area contributed by atoms with Gasteiger partial charge in [-0.05, 0) is 38.5 Å². The van der Waals surface area contributed by atoms with Gasteiger partial charge in [0.05, 0.1) is 25.2 Å². The molecule has 0 spiro atoms. The number of ether oxygens (including phenoxy) is 3. The van der Waals surface area contributed by atoms with Gasteiger partial charge in [-0.25, -0.2) is 8.42 Å². The summed E-state index contributed by atoms with van der Waals surface area (Å²) >= 11 is 0. The number of esters is 2. The molecule has 1 aliphatic heterocycles. The fourth-order valence-corrected chi connectivity index (χ4v) is 5.88. The molecule has 10 nitrogen and oxygen atoms in total. The molecule has 1 aliphatic rings. The fourth-order valence-electron chi connectivity index (χ4n) is 3.63. The predicted molar refractivity (Wildman–Crippen MR) is 110 cm³/mol. The Morgan fingerprint density at radius 3 is 2.03 bits per heavy atom. The molecule has 31 heavy (non-hydrogen) atoms. The minimum Gasteiger partial charge on any atom is -0.497 e. The van der Waals surface area contributed by atoms with Crippen molar-refractivity contribution < 1.29 is 37.1 Å². The summed E-state index contributed by atoms with van der Waals surface area (Å²) in [7, 11) is -2.70. The van der Waals surface area contributed by atoms with Crippen LogP contribution in [-0.4, -0.2) is 57.4 Å². The molecular formula is C20H25NO9S. The third kappa shape index (κ3) is 5.04. The minimum absolute atomic E-state index is 0.0237. The van der Waals surface area contributed by atoms with E-state index in [2.05, 4.69) is 0 Å². The highest BCUT2D eigenvalue weighted by molar-refractivity contribution is 7.95. The molecule has 0 aliphatic carbocycles. The first-order valence-electron chi connectivity index (χ1n) is 9.63. The summed E-state index contributed by atoms with van der Waals surface area (Å²) in [5, 5.41) is 11.4. The molecule has 2 atom stereocenters. The molecule has 0 radical (unpaired) electrons. The summed E-state index contributed by atoms with van der Waals surface area (Å²) in [5.74, 6) is -5.22. The van der Waals surface area contributed by atoms with Crippen molar-refractivity contribution in [3.63, 3.8) is 0 Å². The van der Waals surface area contributed by atoms with Crippen molar-refractivity contribution in [2.24, 2.45) is 5.92 Å². The minimum atomic E-state index is -4.14. The van der Waals surface area contributed by atoms with Gasteiger partial charge in [0.2, 0.25) is 6.04 Å². The van der Waals surface area contributed by atoms with Gasteiger partial charge in [0, 0.05) is 16.4 Å². The van der Waals surface area contributed by atoms with Gasteiger partial charge in [-0.1, -0.05) is 12.1 Å². The zero-order chi connectivity index (χ0) is 23.3. The number of hydrogen-bond acceptors (Lipinski definition) is 9. The van der Waals surface area contributed by atoms with Crippen LogP contribution in [0.1, 0.15) is 32.3 Å². The molecular weight excluding hydrogens is 430 g/mol. The quantitative estimate of drug-likeness (QED) is 0.236. The van der Waals surface area contributed by atoms with Crippen LogP contribution in [0, 0.1) is 16.0 Å². The molecule has 0 amide bonds. The standard InChI is InChI=1S/C20H25NO9S/c1-5-29-19(22)17(20(23)30-6-2)16(13-7-9-14(28-4)10-8-13)18-12(3)15(21(24)25)11-31(18,26)27/h7-10,15-17H,5-6,11H2,1-4H3/t15-,16+/m1/s1. The van der Waals surface area contributed by atoms with Crippen LogP contribution < -0.4 is 4.74 Å². The summed E-state index contributed by atoms with van der Waals surface area (Å²) in [6.07, 6.45) is 0. The van der Waals surface area contributed by atoms with Crippen molar-refractivity contribution in [3.05, 3.63) is 50.4 Å². The zero-order valence-electron chi connectivity index (χ0n) is 17.7. The lowest BCUT2D eigenvalue weighted by Gasteiger charge is -2.26. The van der Waals surface area contributed by atoms with E-state index < -0.39 is 50.3 Å². The molecule has 1 aromatic rings. The number of nitro groups is 1. The Bertz CT molecular complexity index is 964. The van der Waals surface area contributed by atoms with Gasteiger partial charge < -0.3 is 14.2 Å². The summed E-state index contributed by atoms with van der Waals surface area (Å²) in [5.41, 5.74) is 0.262. The van der Waals surface area contributed by atoms with Gasteiger partial charge in [-0.15, -0.1) is 0 Å². The number of carbonyl (C=O) groups excluding carboxylic acids is 2. The molecule has 1 heterocycles. The normalized spacial score (nSPS) is 18.5. The molecule has 0 N–H and O–H groups in total. The number of nitrogens with zero attached hydrogens (tertiary/aromatic N) is 1. The van der Waals surface area contributed by atoms with Gasteiger partial charge in [-0.3, -0.25) is 19.7 Å². The lowest BCUT2D eigenvalue weighted by Crippen LogP contribution is -2.35. The van der Waals surface area contributed by atoms with E-state index in [1.165, 1.54) is 38.3 Å². The Kier molecular flexibility index (Phi) is 7.77. The molecule has 0 saturated heterocycles. The van der Waals surface area contributed by atoms with Gasteiger partial charge in [0.1, 0.15) is 11.5 Å². The van der Waals surface area contributed by atoms with Crippen LogP contribution in [0.15, 0.2) is 34.7 Å². The summed E-state index contributed by atoms with van der Waals surface area (Å²) in [6.45, 7) is 4.32. The highest BCUT2D eigenvalue weighted by atomic mass is 32.2. The van der Waals surface area contributed by atoms with Crippen molar-refractivity contribution >= 4 is 21.8 Å². The van der Waals surface area contributed by atoms with Crippen LogP contribution in [0.2, 0.25) is 0 Å². The molecule has 0 unspecified atom stereocenters. The van der Waals surface area contributed by atoms with E-state index in [9.17, 15) is 28.1 Å². The van der Waals surface area contributed by atoms with Crippen LogP contribution in [0.25, 0.3) is 0 Å². The molecule has 11 heteroatoms. The van der Waals surface area contributed by atoms with E-state index in [4.69, 9.17) is 14.2 Å². The number of methoxy groups -OCH3 is 1. The topological polar surface area (TPSA) is 139 Å². The third-order valence-corrected chi connectivity index (χ3v) is 7.03. The molecule has 2 rings (SSSR count). The fraction of sp³-hybridized carbons (Fsp3) is 0.500. The number of rotatable bonds is 9. The van der Waals surface area contributed by atoms with Crippen molar-refractivity contribution in [2.75, 3.05) is 26.1 Å². The average molecular weight is 455 g/mol. The number of carbonyl (C=O) groups is 2. The molecule has 1 aromatic carbocycles. The SMILES string of the molecule is CCOC(=O)C(C(=O)OCC)[C@@H](C1=C(C)[C@H]([N+](=O)[O-])CS1(=O)=O)c1ccc(OC)cc1. The number of hydrogen-bond donors (Lipinski definition) is 0. The first kappa shape index (κ1) is 24.3. The van der Waals surface area contributed by atoms with Crippen LogP contribution in [0.4, 0.5) is 0 Å². The van der Waals surface area contributed by atoms with Crippen LogP contribution in [0.3, 0.4) is 0 Å². The monoisotopic (exact) mass is 455 g/mol. The number of allylic oxidation sites excluding steroid dienone is 1. The smallest absolute Gasteiger partial charge is 0.321 e. The lowest BCUT2D eigenvalue weighted by molar-refractivity contribution is -0.505. The van der Waals surface area contributed by atoms with Crippen molar-refractivity contribution in [3.8, 4) is 5.75 Å². The molecule has 0 bridgehead atoms. The maximum absolute atomic E-state index is 13.0. The average Bonchev–Trinajstić information content (AvgIpc) is 2.95. The van der Waals surface area contributed by atoms with Gasteiger partial charge in [0.15, 0.2) is 15.8 Å². The Morgan fingerprint density at radius 1 is 1.13 bits per heavy atom. The molecule has 0 aromatic heterocycles. The Hall–Kier alpha value is -2.95. The maximum atomic E-state index is 13.0. The first-order chi connectivity index (χ1) is 14.6. The lowest BCUT2D eigenvalue weighted by atomic mass is 9.83. The van der Waals surface area contributed by atoms with E-state index in [0.717, 1.165) is 0 Å². The second-order valence-electron chi connectivity index (χ2n) is 6.86. The maximum Gasteiger partial charge on any atom is 0.321 e. The van der Waals surface area contributed by atoms with Crippen LogP contribution in [0.5, 0.6) is 5.75 Å².